The van der Waals surface area contributed by atoms with Crippen LogP contribution in [0.5, 0.6) is 0 Å². The molecule has 0 atom stereocenters. The number of tetrazole rings is 1. The highest BCUT2D eigenvalue weighted by molar-refractivity contribution is 6.02. The molecule has 1 aromatic heterocycles. The van der Waals surface area contributed by atoms with Gasteiger partial charge in [0.25, 0.3) is 11.7 Å². The van der Waals surface area contributed by atoms with Gasteiger partial charge in [0.2, 0.25) is 0 Å². The molecule has 3 rings (SSSR count). The summed E-state index contributed by atoms with van der Waals surface area (Å²) in [6, 6.07) is 12.8. The molecule has 0 fully saturated rings. The summed E-state index contributed by atoms with van der Waals surface area (Å²) in [5.41, 5.74) is 4.91. The van der Waals surface area contributed by atoms with Crippen LogP contribution in [0.1, 0.15) is 85.9 Å². The Morgan fingerprint density at radius 1 is 1.09 bits per heavy atom. The van der Waals surface area contributed by atoms with Crippen molar-refractivity contribution >= 4 is 23.3 Å². The fourth-order valence-corrected chi connectivity index (χ4v) is 4.54. The number of aryl methyl sites for hydroxylation is 1. The molecular formula is C36H38F3N5O2. The van der Waals surface area contributed by atoms with Gasteiger partial charge in [-0.2, -0.15) is 18.0 Å². The van der Waals surface area contributed by atoms with Crippen LogP contribution in [0.4, 0.5) is 13.2 Å². The van der Waals surface area contributed by atoms with E-state index in [0.717, 1.165) is 21.5 Å². The zero-order valence-corrected chi connectivity index (χ0v) is 26.9. The minimum absolute atomic E-state index is 0.0519. The van der Waals surface area contributed by atoms with Crippen molar-refractivity contribution in [1.29, 1.82) is 0 Å². The minimum Gasteiger partial charge on any atom is -0.347 e. The Bertz CT molecular complexity index is 1740. The molecule has 0 spiro atoms. The number of terminal acetylenes is 1. The summed E-state index contributed by atoms with van der Waals surface area (Å²) in [5.74, 6) is 0.712. The predicted molar refractivity (Wildman–Crippen MR) is 174 cm³/mol. The van der Waals surface area contributed by atoms with E-state index in [1.807, 2.05) is 58.0 Å². The number of amides is 1. The van der Waals surface area contributed by atoms with E-state index in [4.69, 9.17) is 6.42 Å². The van der Waals surface area contributed by atoms with Gasteiger partial charge in [0.1, 0.15) is 0 Å². The van der Waals surface area contributed by atoms with Gasteiger partial charge in [-0.3, -0.25) is 9.59 Å². The topological polar surface area (TPSA) is 89.8 Å². The Balaban J connectivity index is 1.95. The maximum Gasteiger partial charge on any atom is 0.455 e. The first kappa shape index (κ1) is 35.4. The maximum absolute atomic E-state index is 13.7. The van der Waals surface area contributed by atoms with Crippen molar-refractivity contribution in [2.75, 3.05) is 0 Å². The number of ketones is 1. The third kappa shape index (κ3) is 9.99. The quantitative estimate of drug-likeness (QED) is 0.134. The van der Waals surface area contributed by atoms with Gasteiger partial charge in [0, 0.05) is 28.7 Å². The highest BCUT2D eigenvalue weighted by Gasteiger charge is 2.36. The molecule has 2 aromatic carbocycles. The Kier molecular flexibility index (Phi) is 11.4. The summed E-state index contributed by atoms with van der Waals surface area (Å²) in [6.45, 7) is 15.1. The normalized spacial score (nSPS) is 12.1. The van der Waals surface area contributed by atoms with E-state index in [2.05, 4.69) is 33.2 Å². The summed E-state index contributed by atoms with van der Waals surface area (Å²) in [6.07, 6.45) is 6.30. The van der Waals surface area contributed by atoms with Crippen LogP contribution in [0.25, 0.3) is 11.6 Å². The van der Waals surface area contributed by atoms with Crippen LogP contribution in [-0.2, 0) is 17.5 Å². The molecule has 0 aliphatic carbocycles. The van der Waals surface area contributed by atoms with Crippen molar-refractivity contribution in [2.45, 2.75) is 72.6 Å². The Labute approximate surface area is 268 Å². The average molecular weight is 630 g/mol. The van der Waals surface area contributed by atoms with Crippen molar-refractivity contribution in [1.82, 2.24) is 25.5 Å². The fourth-order valence-electron chi connectivity index (χ4n) is 4.54. The number of allylic oxidation sites excluding steroid dienone is 6. The summed E-state index contributed by atoms with van der Waals surface area (Å²) in [5, 5.41) is 13.1. The second-order valence-electron chi connectivity index (χ2n) is 12.1. The Morgan fingerprint density at radius 2 is 1.76 bits per heavy atom. The number of halogens is 3. The van der Waals surface area contributed by atoms with Crippen LogP contribution in [0.2, 0.25) is 0 Å². The van der Waals surface area contributed by atoms with Gasteiger partial charge >= 0.3 is 6.18 Å². The van der Waals surface area contributed by atoms with E-state index in [1.165, 1.54) is 0 Å². The van der Waals surface area contributed by atoms with Crippen LogP contribution in [0.15, 0.2) is 77.9 Å². The highest BCUT2D eigenvalue weighted by atomic mass is 19.4. The zero-order valence-electron chi connectivity index (χ0n) is 26.9. The van der Waals surface area contributed by atoms with Crippen molar-refractivity contribution in [2.24, 2.45) is 0 Å². The predicted octanol–water partition coefficient (Wildman–Crippen LogP) is 7.55. The van der Waals surface area contributed by atoms with E-state index in [9.17, 15) is 22.8 Å². The van der Waals surface area contributed by atoms with E-state index in [0.29, 0.717) is 33.4 Å². The summed E-state index contributed by atoms with van der Waals surface area (Å²) >= 11 is 0. The molecule has 0 aliphatic heterocycles. The lowest BCUT2D eigenvalue weighted by Gasteiger charge is -2.23. The number of alkyl halides is 3. The van der Waals surface area contributed by atoms with Crippen LogP contribution in [0.3, 0.4) is 0 Å². The molecule has 0 aliphatic rings. The lowest BCUT2D eigenvalue weighted by molar-refractivity contribution is -0.145. The fraction of sp³-hybridized carbons (Fsp3) is 0.306. The van der Waals surface area contributed by atoms with E-state index < -0.39 is 17.5 Å². The first-order valence-electron chi connectivity index (χ1n) is 14.6. The molecule has 3 aromatic rings. The van der Waals surface area contributed by atoms with Gasteiger partial charge in [-0.15, -0.1) is 16.6 Å². The number of Topliss-reactive ketones (excluding diaryl/α,β-unsaturated/α-hetero) is 1. The molecule has 7 nitrogen and oxygen atoms in total. The van der Waals surface area contributed by atoms with Crippen molar-refractivity contribution in [3.8, 4) is 12.3 Å². The second kappa shape index (κ2) is 14.8. The number of nitrogens with zero attached hydrogens (tertiary/aromatic N) is 4. The minimum atomic E-state index is -4.73. The van der Waals surface area contributed by atoms with E-state index >= 15 is 0 Å². The largest absolute Gasteiger partial charge is 0.455 e. The van der Waals surface area contributed by atoms with Crippen molar-refractivity contribution < 1.29 is 22.8 Å². The highest BCUT2D eigenvalue weighted by Crippen LogP contribution is 2.29. The number of hydrogen-bond acceptors (Lipinski definition) is 5. The molecular weight excluding hydrogens is 591 g/mol. The van der Waals surface area contributed by atoms with E-state index in [-0.39, 0.29) is 31.1 Å². The number of hydrogen-bond donors (Lipinski definition) is 1. The number of rotatable bonds is 11. The molecule has 46 heavy (non-hydrogen) atoms. The number of carbonyl (C=O) groups excluding carboxylic acids is 2. The molecule has 0 bridgehead atoms. The molecule has 1 amide bonds. The number of nitrogens with one attached hydrogen (secondary N) is 1. The zero-order chi connectivity index (χ0) is 34.2. The van der Waals surface area contributed by atoms with Crippen LogP contribution < -0.4 is 5.32 Å². The van der Waals surface area contributed by atoms with Crippen LogP contribution in [0, 0.1) is 19.3 Å². The summed E-state index contributed by atoms with van der Waals surface area (Å²) in [7, 11) is 0. The van der Waals surface area contributed by atoms with Crippen LogP contribution in [-0.4, -0.2) is 37.4 Å². The molecule has 1 heterocycles. The lowest BCUT2D eigenvalue weighted by Crippen LogP contribution is -2.41. The number of benzene rings is 2. The van der Waals surface area contributed by atoms with E-state index in [1.54, 1.807) is 44.2 Å². The Morgan fingerprint density at radius 3 is 2.33 bits per heavy atom. The van der Waals surface area contributed by atoms with Gasteiger partial charge in [-0.1, -0.05) is 60.6 Å². The van der Waals surface area contributed by atoms with Gasteiger partial charge < -0.3 is 5.32 Å². The smallest absolute Gasteiger partial charge is 0.347 e. The maximum atomic E-state index is 13.7. The average Bonchev–Trinajstić information content (AvgIpc) is 3.46. The first-order chi connectivity index (χ1) is 21.5. The summed E-state index contributed by atoms with van der Waals surface area (Å²) < 4.78 is 39.2. The van der Waals surface area contributed by atoms with Gasteiger partial charge in [-0.05, 0) is 99.2 Å². The SMILES string of the molecule is C#Cc1cc(C)c(C(=C)CCC(=O)C(C=Cc2ccccc2)=CC(Cn2nnc(C(F)(F)F)n2)=C(C)C)c(C(=O)NC(C)(C)C)c1. The summed E-state index contributed by atoms with van der Waals surface area (Å²) in [4.78, 5) is 27.9. The number of aromatic nitrogens is 4. The van der Waals surface area contributed by atoms with Crippen molar-refractivity contribution in [3.63, 3.8) is 0 Å². The first-order valence-corrected chi connectivity index (χ1v) is 14.6. The third-order valence-corrected chi connectivity index (χ3v) is 6.81. The molecule has 0 radical (unpaired) electrons. The second-order valence-corrected chi connectivity index (χ2v) is 12.1. The molecule has 0 saturated carbocycles. The van der Waals surface area contributed by atoms with Gasteiger partial charge in [-0.25, -0.2) is 0 Å². The number of carbonyl (C=O) groups is 2. The molecule has 0 saturated heterocycles. The molecule has 1 N–H and O–H groups in total. The molecule has 0 unspecified atom stereocenters. The molecule has 240 valence electrons. The standard InChI is InChI=1S/C36H38F3N5O2/c1-9-26-19-25(5)32(30(20-26)33(46)40-35(6,7)8)24(4)15-18-31(45)28(17-16-27-13-11-10-12-14-27)21-29(23(2)3)22-44-42-34(41-43-44)36(37,38)39/h1,10-14,16-17,19-21H,4,15,18,22H2,2-3,5-8H3,(H,40,46). The molecule has 10 heteroatoms. The van der Waals surface area contributed by atoms with Gasteiger partial charge in [0.05, 0.1) is 6.54 Å². The van der Waals surface area contributed by atoms with Gasteiger partial charge in [0.15, 0.2) is 5.78 Å². The van der Waals surface area contributed by atoms with Crippen molar-refractivity contribution in [3.05, 3.63) is 112 Å². The Hall–Kier alpha value is -5.04. The lowest BCUT2D eigenvalue weighted by atomic mass is 9.89. The monoisotopic (exact) mass is 629 g/mol. The third-order valence-electron chi connectivity index (χ3n) is 6.81. The van der Waals surface area contributed by atoms with Crippen LogP contribution >= 0.6 is 0 Å².